The van der Waals surface area contributed by atoms with Crippen LogP contribution in [0.3, 0.4) is 0 Å². The number of β-amino-alcohol motifs (C(OH)–C–C–N with tert-alkyl or cyclic N) is 1. The number of hydrogen-bond donors (Lipinski definition) is 2. The van der Waals surface area contributed by atoms with Crippen LogP contribution in [-0.4, -0.2) is 79.4 Å². The molecule has 1 heterocycles. The van der Waals surface area contributed by atoms with Crippen LogP contribution in [-0.2, 0) is 4.79 Å². The first-order valence-corrected chi connectivity index (χ1v) is 5.64. The predicted octanol–water partition coefficient (Wildman–Crippen LogP) is -0.728. The lowest BCUT2D eigenvalue weighted by atomic mass is 10.1. The first-order valence-electron chi connectivity index (χ1n) is 5.64. The summed E-state index contributed by atoms with van der Waals surface area (Å²) in [5, 5.41) is 12.0. The molecule has 2 atom stereocenters. The second-order valence-corrected chi connectivity index (χ2v) is 4.50. The van der Waals surface area contributed by atoms with Crippen molar-refractivity contribution in [2.24, 2.45) is 0 Å². The molecule has 0 aliphatic carbocycles. The van der Waals surface area contributed by atoms with Gasteiger partial charge in [0.1, 0.15) is 6.04 Å². The first-order chi connectivity index (χ1) is 8.23. The van der Waals surface area contributed by atoms with Gasteiger partial charge in [0.2, 0.25) is 5.91 Å². The molecule has 0 saturated carbocycles. The fraction of sp³-hybridized carbons (Fsp3) is 0.900. The van der Waals surface area contributed by atoms with Gasteiger partial charge in [-0.25, -0.2) is 0 Å². The molecule has 0 spiro atoms. The Morgan fingerprint density at radius 1 is 1.56 bits per heavy atom. The molecule has 1 aliphatic heterocycles. The summed E-state index contributed by atoms with van der Waals surface area (Å²) < 4.78 is 36.9. The van der Waals surface area contributed by atoms with Gasteiger partial charge in [-0.1, -0.05) is 0 Å². The van der Waals surface area contributed by atoms with E-state index < -0.39 is 24.9 Å². The van der Waals surface area contributed by atoms with E-state index in [0.29, 0.717) is 19.6 Å². The van der Waals surface area contributed by atoms with Gasteiger partial charge in [-0.15, -0.1) is 0 Å². The average molecular weight is 269 g/mol. The summed E-state index contributed by atoms with van der Waals surface area (Å²) in [5.74, 6) is -0.267. The maximum Gasteiger partial charge on any atom is 0.415 e. The van der Waals surface area contributed by atoms with Crippen molar-refractivity contribution in [3.8, 4) is 0 Å². The molecule has 1 saturated heterocycles. The van der Waals surface area contributed by atoms with E-state index in [1.807, 2.05) is 0 Å². The molecule has 8 heteroatoms. The van der Waals surface area contributed by atoms with E-state index >= 15 is 0 Å². The summed E-state index contributed by atoms with van der Waals surface area (Å²) in [6, 6.07) is -0.661. The lowest BCUT2D eigenvalue weighted by Gasteiger charge is -2.37. The van der Waals surface area contributed by atoms with Gasteiger partial charge in [0.05, 0.1) is 0 Å². The van der Waals surface area contributed by atoms with E-state index in [2.05, 4.69) is 5.32 Å². The van der Waals surface area contributed by atoms with Gasteiger partial charge in [-0.2, -0.15) is 13.2 Å². The molecule has 0 aromatic heterocycles. The summed E-state index contributed by atoms with van der Waals surface area (Å²) in [5.41, 5.74) is 0. The number of amides is 1. The van der Waals surface area contributed by atoms with Crippen LogP contribution in [0.1, 0.15) is 0 Å². The molecule has 1 fully saturated rings. The topological polar surface area (TPSA) is 55.8 Å². The molecular weight excluding hydrogens is 251 g/mol. The third-order valence-corrected chi connectivity index (χ3v) is 2.87. The number of piperazine rings is 1. The van der Waals surface area contributed by atoms with Crippen LogP contribution >= 0.6 is 0 Å². The van der Waals surface area contributed by atoms with E-state index in [1.54, 1.807) is 14.1 Å². The molecule has 18 heavy (non-hydrogen) atoms. The van der Waals surface area contributed by atoms with E-state index in [9.17, 15) is 18.0 Å². The van der Waals surface area contributed by atoms with E-state index in [0.717, 1.165) is 0 Å². The molecule has 106 valence electrons. The zero-order valence-corrected chi connectivity index (χ0v) is 10.4. The van der Waals surface area contributed by atoms with Crippen LogP contribution in [0, 0.1) is 0 Å². The third kappa shape index (κ3) is 3.82. The van der Waals surface area contributed by atoms with Crippen molar-refractivity contribution in [2.75, 3.05) is 40.3 Å². The van der Waals surface area contributed by atoms with Gasteiger partial charge in [0.15, 0.2) is 6.10 Å². The van der Waals surface area contributed by atoms with E-state index in [1.165, 1.54) is 9.80 Å². The van der Waals surface area contributed by atoms with Gasteiger partial charge in [-0.3, -0.25) is 9.69 Å². The summed E-state index contributed by atoms with van der Waals surface area (Å²) in [6.07, 6.45) is -7.08. The van der Waals surface area contributed by atoms with Gasteiger partial charge < -0.3 is 15.3 Å². The molecule has 5 nitrogen and oxygen atoms in total. The quantitative estimate of drug-likeness (QED) is 0.709. The Morgan fingerprint density at radius 2 is 2.17 bits per heavy atom. The monoisotopic (exact) mass is 269 g/mol. The highest BCUT2D eigenvalue weighted by Gasteiger charge is 2.41. The van der Waals surface area contributed by atoms with Gasteiger partial charge >= 0.3 is 6.18 Å². The SMILES string of the molecule is CN(C)C(=O)C1CNCCN1CC(O)C(F)(F)F. The number of aliphatic hydroxyl groups is 1. The Hall–Kier alpha value is -0.860. The fourth-order valence-corrected chi connectivity index (χ4v) is 1.83. The van der Waals surface area contributed by atoms with Crippen molar-refractivity contribution in [2.45, 2.75) is 18.3 Å². The summed E-state index contributed by atoms with van der Waals surface area (Å²) in [4.78, 5) is 14.5. The number of rotatable bonds is 3. The lowest BCUT2D eigenvalue weighted by molar-refractivity contribution is -0.210. The number of halogens is 3. The van der Waals surface area contributed by atoms with Crippen LogP contribution in [0.5, 0.6) is 0 Å². The van der Waals surface area contributed by atoms with Gasteiger partial charge in [0.25, 0.3) is 0 Å². The highest BCUT2D eigenvalue weighted by molar-refractivity contribution is 5.81. The average Bonchev–Trinajstić information content (AvgIpc) is 2.27. The molecule has 1 amide bonds. The number of likely N-dealkylation sites (N-methyl/N-ethyl adjacent to an activating group) is 1. The zero-order chi connectivity index (χ0) is 13.9. The number of hydrogen-bond acceptors (Lipinski definition) is 4. The number of alkyl halides is 3. The van der Waals surface area contributed by atoms with Crippen LogP contribution < -0.4 is 5.32 Å². The van der Waals surface area contributed by atoms with Crippen LogP contribution in [0.2, 0.25) is 0 Å². The minimum atomic E-state index is -4.66. The zero-order valence-electron chi connectivity index (χ0n) is 10.4. The fourth-order valence-electron chi connectivity index (χ4n) is 1.83. The normalized spacial score (nSPS) is 23.8. The van der Waals surface area contributed by atoms with Crippen LogP contribution in [0.15, 0.2) is 0 Å². The van der Waals surface area contributed by atoms with Crippen molar-refractivity contribution >= 4 is 5.91 Å². The number of carbonyl (C=O) groups is 1. The number of carbonyl (C=O) groups excluding carboxylic acids is 1. The molecule has 2 N–H and O–H groups in total. The molecular formula is C10H18F3N3O2. The standard InChI is InChI=1S/C10H18F3N3O2/c1-15(2)9(18)7-5-14-3-4-16(7)6-8(17)10(11,12)13/h7-8,14,17H,3-6H2,1-2H3. The Balaban J connectivity index is 2.68. The molecule has 0 aromatic carbocycles. The Bertz CT molecular complexity index is 297. The van der Waals surface area contributed by atoms with Gasteiger partial charge in [-0.05, 0) is 0 Å². The second-order valence-electron chi connectivity index (χ2n) is 4.50. The smallest absolute Gasteiger partial charge is 0.382 e. The highest BCUT2D eigenvalue weighted by atomic mass is 19.4. The molecule has 0 radical (unpaired) electrons. The molecule has 2 unspecified atom stereocenters. The molecule has 0 bridgehead atoms. The first kappa shape index (κ1) is 15.2. The molecule has 1 rings (SSSR count). The minimum Gasteiger partial charge on any atom is -0.382 e. The van der Waals surface area contributed by atoms with Crippen molar-refractivity contribution in [1.82, 2.24) is 15.1 Å². The minimum absolute atomic E-state index is 0.267. The van der Waals surface area contributed by atoms with Crippen molar-refractivity contribution < 1.29 is 23.1 Å². The number of nitrogens with zero attached hydrogens (tertiary/aromatic N) is 2. The van der Waals surface area contributed by atoms with Crippen LogP contribution in [0.25, 0.3) is 0 Å². The summed E-state index contributed by atoms with van der Waals surface area (Å²) >= 11 is 0. The lowest BCUT2D eigenvalue weighted by Crippen LogP contribution is -2.60. The Morgan fingerprint density at radius 3 is 2.67 bits per heavy atom. The summed E-state index contributed by atoms with van der Waals surface area (Å²) in [6.45, 7) is 0.524. The Kier molecular flexibility index (Phi) is 4.94. The molecule has 0 aromatic rings. The van der Waals surface area contributed by atoms with E-state index in [4.69, 9.17) is 5.11 Å². The van der Waals surface area contributed by atoms with Crippen molar-refractivity contribution in [3.63, 3.8) is 0 Å². The second kappa shape index (κ2) is 5.85. The summed E-state index contributed by atoms with van der Waals surface area (Å²) in [7, 11) is 3.10. The van der Waals surface area contributed by atoms with Crippen molar-refractivity contribution in [3.05, 3.63) is 0 Å². The number of nitrogens with one attached hydrogen (secondary N) is 1. The third-order valence-electron chi connectivity index (χ3n) is 2.87. The van der Waals surface area contributed by atoms with Gasteiger partial charge in [0, 0.05) is 40.3 Å². The maximum absolute atomic E-state index is 12.3. The maximum atomic E-state index is 12.3. The van der Waals surface area contributed by atoms with Crippen molar-refractivity contribution in [1.29, 1.82) is 0 Å². The van der Waals surface area contributed by atoms with E-state index in [-0.39, 0.29) is 5.91 Å². The molecule has 1 aliphatic rings. The number of aliphatic hydroxyl groups excluding tert-OH is 1. The highest BCUT2D eigenvalue weighted by Crippen LogP contribution is 2.21. The van der Waals surface area contributed by atoms with Crippen LogP contribution in [0.4, 0.5) is 13.2 Å². The Labute approximate surface area is 104 Å². The largest absolute Gasteiger partial charge is 0.415 e. The predicted molar refractivity (Wildman–Crippen MR) is 59.0 cm³/mol.